The Hall–Kier alpha value is -2.29. The van der Waals surface area contributed by atoms with Crippen LogP contribution >= 0.6 is 7.82 Å². The van der Waals surface area contributed by atoms with Gasteiger partial charge in [0.05, 0.1) is 27.7 Å². The first kappa shape index (κ1) is 51.7. The maximum Gasteiger partial charge on any atom is 0.472 e. The van der Waals surface area contributed by atoms with Crippen LogP contribution in [0.1, 0.15) is 155 Å². The largest absolute Gasteiger partial charge is 0.472 e. The highest BCUT2D eigenvalue weighted by Crippen LogP contribution is 2.43. The second kappa shape index (κ2) is 36.4. The molecule has 0 bridgehead atoms. The van der Waals surface area contributed by atoms with E-state index < -0.39 is 32.5 Å². The summed E-state index contributed by atoms with van der Waals surface area (Å²) in [5.74, 6) is -0.880. The van der Waals surface area contributed by atoms with Gasteiger partial charge in [-0.15, -0.1) is 0 Å². The number of hydrogen-bond donors (Lipinski definition) is 1. The van der Waals surface area contributed by atoms with E-state index in [1.807, 2.05) is 27.2 Å². The number of esters is 2. The Morgan fingerprint density at radius 2 is 1.02 bits per heavy atom. The van der Waals surface area contributed by atoms with Gasteiger partial charge in [0.1, 0.15) is 19.8 Å². The molecular weight excluding hydrogens is 701 g/mol. The molecule has 0 aliphatic heterocycles. The van der Waals surface area contributed by atoms with Crippen molar-refractivity contribution in [3.8, 4) is 0 Å². The molecule has 0 fully saturated rings. The second-order valence-corrected chi connectivity index (χ2v) is 16.5. The van der Waals surface area contributed by atoms with Crippen molar-refractivity contribution < 1.29 is 42.1 Å². The van der Waals surface area contributed by atoms with Gasteiger partial charge >= 0.3 is 19.8 Å². The molecule has 0 saturated carbocycles. The van der Waals surface area contributed by atoms with Crippen LogP contribution in [-0.4, -0.2) is 74.9 Å². The quantitative estimate of drug-likeness (QED) is 0.0218. The first-order valence-electron chi connectivity index (χ1n) is 21.0. The maximum absolute atomic E-state index is 12.6. The van der Waals surface area contributed by atoms with Crippen LogP contribution < -0.4 is 0 Å². The third kappa shape index (κ3) is 39.4. The number of carbonyl (C=O) groups excluding carboxylic acids is 2. The minimum atomic E-state index is -4.39. The molecule has 1 N–H and O–H groups in total. The monoisotopic (exact) mass is 781 g/mol. The van der Waals surface area contributed by atoms with E-state index in [0.29, 0.717) is 23.9 Å². The molecule has 0 aliphatic carbocycles. The highest BCUT2D eigenvalue weighted by Gasteiger charge is 2.27. The summed E-state index contributed by atoms with van der Waals surface area (Å²) in [6, 6.07) is 0. The summed E-state index contributed by atoms with van der Waals surface area (Å²) in [4.78, 5) is 35.3. The average molecular weight is 781 g/mol. The van der Waals surface area contributed by atoms with Gasteiger partial charge in [-0.1, -0.05) is 126 Å². The zero-order valence-electron chi connectivity index (χ0n) is 34.9. The number of nitrogens with zero attached hydrogens (tertiary/aromatic N) is 1. The minimum absolute atomic E-state index is 0.0179. The zero-order valence-corrected chi connectivity index (χ0v) is 35.8. The number of phosphoric acid groups is 1. The van der Waals surface area contributed by atoms with Gasteiger partial charge in [0.25, 0.3) is 0 Å². The smallest absolute Gasteiger partial charge is 0.462 e. The fourth-order valence-electron chi connectivity index (χ4n) is 5.18. The van der Waals surface area contributed by atoms with Gasteiger partial charge in [-0.3, -0.25) is 18.6 Å². The average Bonchev–Trinajstić information content (AvgIpc) is 3.12. The molecule has 0 heterocycles. The third-order valence-electron chi connectivity index (χ3n) is 8.52. The second-order valence-electron chi connectivity index (χ2n) is 15.0. The van der Waals surface area contributed by atoms with Gasteiger partial charge < -0.3 is 18.9 Å². The Labute approximate surface area is 330 Å². The molecule has 0 saturated heterocycles. The predicted molar refractivity (Wildman–Crippen MR) is 224 cm³/mol. The van der Waals surface area contributed by atoms with Gasteiger partial charge in [-0.25, -0.2) is 4.57 Å². The van der Waals surface area contributed by atoms with Crippen molar-refractivity contribution in [3.63, 3.8) is 0 Å². The number of rotatable bonds is 37. The molecule has 0 radical (unpaired) electrons. The first-order chi connectivity index (χ1) is 26.0. The molecule has 0 aromatic carbocycles. The SMILES string of the molecule is CCCCC/C=C\C/C=C\C/C=C\C/C=C\CCCC(=O)OC(COC(=O)CCCCCCC/C=C\CCCCCC)COP(=O)(O)OCC[N+](C)(C)C. The molecule has 0 amide bonds. The van der Waals surface area contributed by atoms with Crippen molar-refractivity contribution in [2.45, 2.75) is 161 Å². The van der Waals surface area contributed by atoms with Gasteiger partial charge in [-0.05, 0) is 77.0 Å². The van der Waals surface area contributed by atoms with Crippen molar-refractivity contribution in [2.75, 3.05) is 47.5 Å². The van der Waals surface area contributed by atoms with E-state index in [4.69, 9.17) is 18.5 Å². The standard InChI is InChI=1S/C44H78NO8P/c1-6-8-10-12-14-16-18-20-21-22-23-25-27-29-31-33-35-37-44(47)53-42(41-52-54(48,49)51-39-38-45(3,4)5)40-50-43(46)36-34-32-30-28-26-24-19-17-15-13-11-9-7-2/h14,16-17,19-21,23,25,29,31,42H,6-13,15,18,22,24,26-28,30,32-41H2,1-5H3/p+1/b16-14-,19-17-,21-20-,25-23-,31-29-. The summed E-state index contributed by atoms with van der Waals surface area (Å²) >= 11 is 0. The van der Waals surface area contributed by atoms with Crippen LogP contribution in [0.3, 0.4) is 0 Å². The van der Waals surface area contributed by atoms with Gasteiger partial charge in [0.15, 0.2) is 6.10 Å². The molecule has 0 rings (SSSR count). The summed E-state index contributed by atoms with van der Waals surface area (Å²) < 4.78 is 34.2. The first-order valence-corrected chi connectivity index (χ1v) is 22.5. The molecule has 0 spiro atoms. The third-order valence-corrected chi connectivity index (χ3v) is 9.50. The zero-order chi connectivity index (χ0) is 40.0. The van der Waals surface area contributed by atoms with E-state index in [0.717, 1.165) is 57.8 Å². The van der Waals surface area contributed by atoms with Crippen molar-refractivity contribution in [3.05, 3.63) is 60.8 Å². The molecular formula is C44H79NO8P+. The summed E-state index contributed by atoms with van der Waals surface area (Å²) in [7, 11) is 1.43. The lowest BCUT2D eigenvalue weighted by atomic mass is 10.1. The van der Waals surface area contributed by atoms with E-state index in [2.05, 4.69) is 68.5 Å². The molecule has 2 atom stereocenters. The number of quaternary nitrogens is 1. The lowest BCUT2D eigenvalue weighted by Crippen LogP contribution is -2.37. The van der Waals surface area contributed by atoms with Crippen LogP contribution in [0.2, 0.25) is 0 Å². The van der Waals surface area contributed by atoms with Crippen LogP contribution in [0.4, 0.5) is 0 Å². The molecule has 0 aliphatic rings. The molecule has 312 valence electrons. The topological polar surface area (TPSA) is 108 Å². The lowest BCUT2D eigenvalue weighted by molar-refractivity contribution is -0.870. The number of hydrogen-bond acceptors (Lipinski definition) is 7. The van der Waals surface area contributed by atoms with Crippen molar-refractivity contribution >= 4 is 19.8 Å². The lowest BCUT2D eigenvalue weighted by Gasteiger charge is -2.24. The van der Waals surface area contributed by atoms with Crippen LogP contribution in [0, 0.1) is 0 Å². The molecule has 54 heavy (non-hydrogen) atoms. The normalized spacial score (nSPS) is 14.3. The van der Waals surface area contributed by atoms with E-state index in [9.17, 15) is 19.0 Å². The maximum atomic E-state index is 12.6. The summed E-state index contributed by atoms with van der Waals surface area (Å²) in [5.41, 5.74) is 0. The highest BCUT2D eigenvalue weighted by molar-refractivity contribution is 7.47. The van der Waals surface area contributed by atoms with E-state index >= 15 is 0 Å². The number of carbonyl (C=O) groups is 2. The van der Waals surface area contributed by atoms with Crippen molar-refractivity contribution in [2.24, 2.45) is 0 Å². The minimum Gasteiger partial charge on any atom is -0.462 e. The summed E-state index contributed by atoms with van der Waals surface area (Å²) in [6.07, 6.45) is 42.7. The van der Waals surface area contributed by atoms with Crippen LogP contribution in [0.15, 0.2) is 60.8 Å². The van der Waals surface area contributed by atoms with Gasteiger partial charge in [-0.2, -0.15) is 0 Å². The van der Waals surface area contributed by atoms with Gasteiger partial charge in [0, 0.05) is 12.8 Å². The summed E-state index contributed by atoms with van der Waals surface area (Å²) in [6.45, 7) is 4.28. The van der Waals surface area contributed by atoms with E-state index in [1.165, 1.54) is 57.8 Å². The summed E-state index contributed by atoms with van der Waals surface area (Å²) in [5, 5.41) is 0. The number of ether oxygens (including phenoxy) is 2. The van der Waals surface area contributed by atoms with E-state index in [1.54, 1.807) is 0 Å². The van der Waals surface area contributed by atoms with E-state index in [-0.39, 0.29) is 26.1 Å². The van der Waals surface area contributed by atoms with Crippen LogP contribution in [0.5, 0.6) is 0 Å². The predicted octanol–water partition coefficient (Wildman–Crippen LogP) is 11.7. The fraction of sp³-hybridized carbons (Fsp3) is 0.727. The van der Waals surface area contributed by atoms with Crippen LogP contribution in [0.25, 0.3) is 0 Å². The van der Waals surface area contributed by atoms with Crippen molar-refractivity contribution in [1.82, 2.24) is 0 Å². The molecule has 0 aromatic rings. The Balaban J connectivity index is 4.52. The Morgan fingerprint density at radius 1 is 0.574 bits per heavy atom. The molecule has 0 aromatic heterocycles. The number of unbranched alkanes of at least 4 members (excludes halogenated alkanes) is 13. The fourth-order valence-corrected chi connectivity index (χ4v) is 5.92. The molecule has 10 heteroatoms. The number of allylic oxidation sites excluding steroid dienone is 10. The molecule has 9 nitrogen and oxygen atoms in total. The van der Waals surface area contributed by atoms with Gasteiger partial charge in [0.2, 0.25) is 0 Å². The number of likely N-dealkylation sites (N-methyl/N-ethyl adjacent to an activating group) is 1. The molecule has 2 unspecified atom stereocenters. The Kier molecular flexibility index (Phi) is 34.8. The van der Waals surface area contributed by atoms with Crippen molar-refractivity contribution in [1.29, 1.82) is 0 Å². The highest BCUT2D eigenvalue weighted by atomic mass is 31.2. The Bertz CT molecular complexity index is 1110. The Morgan fingerprint density at radius 3 is 1.59 bits per heavy atom. The van der Waals surface area contributed by atoms with Crippen LogP contribution in [-0.2, 0) is 32.7 Å². The number of phosphoric ester groups is 1.